The number of carbonyl (C=O) groups excluding carboxylic acids is 1. The minimum absolute atomic E-state index is 0.0399. The molecule has 1 aromatic rings. The first-order valence-corrected chi connectivity index (χ1v) is 5.94. The van der Waals surface area contributed by atoms with Crippen LogP contribution in [0, 0.1) is 11.7 Å². The van der Waals surface area contributed by atoms with Crippen LogP contribution >= 0.6 is 0 Å². The zero-order valence-corrected chi connectivity index (χ0v) is 9.99. The van der Waals surface area contributed by atoms with Crippen LogP contribution in [0.1, 0.15) is 23.2 Å². The molecule has 5 nitrogen and oxygen atoms in total. The fraction of sp³-hybridized carbons (Fsp3) is 0.500. The van der Waals surface area contributed by atoms with Gasteiger partial charge in [-0.3, -0.25) is 4.79 Å². The standard InChI is InChI=1S/C12H16FN3O2/c13-9-5-10(11(14)16-6-9)12(17)15-3-1-8-2-4-18-7-8/h5-6,8H,1-4,7H2,(H2,14,16)(H,15,17). The second kappa shape index (κ2) is 5.77. The van der Waals surface area contributed by atoms with Crippen molar-refractivity contribution in [2.24, 2.45) is 5.92 Å². The Kier molecular flexibility index (Phi) is 4.09. The lowest BCUT2D eigenvalue weighted by Gasteiger charge is -2.09. The highest BCUT2D eigenvalue weighted by molar-refractivity contribution is 5.98. The second-order valence-corrected chi connectivity index (χ2v) is 4.36. The Morgan fingerprint density at radius 1 is 1.67 bits per heavy atom. The van der Waals surface area contributed by atoms with Gasteiger partial charge < -0.3 is 15.8 Å². The summed E-state index contributed by atoms with van der Waals surface area (Å²) in [6, 6.07) is 1.09. The molecule has 1 aromatic heterocycles. The molecule has 0 spiro atoms. The van der Waals surface area contributed by atoms with E-state index in [0.29, 0.717) is 12.5 Å². The lowest BCUT2D eigenvalue weighted by molar-refractivity contribution is 0.0950. The molecule has 1 fully saturated rings. The highest BCUT2D eigenvalue weighted by atomic mass is 19.1. The van der Waals surface area contributed by atoms with Gasteiger partial charge in [0.25, 0.3) is 5.91 Å². The first kappa shape index (κ1) is 12.8. The number of hydrogen-bond donors (Lipinski definition) is 2. The second-order valence-electron chi connectivity index (χ2n) is 4.36. The van der Waals surface area contributed by atoms with E-state index in [9.17, 15) is 9.18 Å². The van der Waals surface area contributed by atoms with E-state index < -0.39 is 11.7 Å². The number of nitrogens with two attached hydrogens (primary N) is 1. The largest absolute Gasteiger partial charge is 0.383 e. The van der Waals surface area contributed by atoms with E-state index in [-0.39, 0.29) is 11.4 Å². The van der Waals surface area contributed by atoms with E-state index in [1.165, 1.54) is 0 Å². The molecule has 2 heterocycles. The average molecular weight is 253 g/mol. The smallest absolute Gasteiger partial charge is 0.255 e. The van der Waals surface area contributed by atoms with E-state index in [2.05, 4.69) is 10.3 Å². The minimum atomic E-state index is -0.571. The fourth-order valence-electron chi connectivity index (χ4n) is 1.93. The molecule has 0 bridgehead atoms. The molecule has 1 saturated heterocycles. The number of rotatable bonds is 4. The number of nitrogen functional groups attached to an aromatic ring is 1. The van der Waals surface area contributed by atoms with Crippen molar-refractivity contribution in [1.29, 1.82) is 0 Å². The first-order chi connectivity index (χ1) is 8.66. The zero-order valence-electron chi connectivity index (χ0n) is 9.99. The average Bonchev–Trinajstić information content (AvgIpc) is 2.85. The topological polar surface area (TPSA) is 77.2 Å². The molecule has 6 heteroatoms. The molecule has 3 N–H and O–H groups in total. The number of carbonyl (C=O) groups is 1. The maximum Gasteiger partial charge on any atom is 0.255 e. The number of pyridine rings is 1. The van der Waals surface area contributed by atoms with Gasteiger partial charge in [-0.15, -0.1) is 0 Å². The molecule has 1 unspecified atom stereocenters. The highest BCUT2D eigenvalue weighted by Gasteiger charge is 2.16. The predicted octanol–water partition coefficient (Wildman–Crippen LogP) is 0.959. The summed E-state index contributed by atoms with van der Waals surface area (Å²) in [6.45, 7) is 2.07. The Hall–Kier alpha value is -1.69. The van der Waals surface area contributed by atoms with Crippen LogP contribution in [0.2, 0.25) is 0 Å². The number of amides is 1. The molecule has 98 valence electrons. The lowest BCUT2D eigenvalue weighted by Crippen LogP contribution is -2.27. The molecule has 2 rings (SSSR count). The Labute approximate surface area is 105 Å². The minimum Gasteiger partial charge on any atom is -0.383 e. The van der Waals surface area contributed by atoms with Gasteiger partial charge in [-0.2, -0.15) is 0 Å². The molecule has 1 amide bonds. The van der Waals surface area contributed by atoms with Crippen molar-refractivity contribution in [1.82, 2.24) is 10.3 Å². The molecule has 0 aliphatic carbocycles. The fourth-order valence-corrected chi connectivity index (χ4v) is 1.93. The molecule has 0 saturated carbocycles. The molecule has 18 heavy (non-hydrogen) atoms. The van der Waals surface area contributed by atoms with E-state index in [0.717, 1.165) is 38.3 Å². The van der Waals surface area contributed by atoms with E-state index in [1.54, 1.807) is 0 Å². The Morgan fingerprint density at radius 2 is 2.50 bits per heavy atom. The Morgan fingerprint density at radius 3 is 3.22 bits per heavy atom. The van der Waals surface area contributed by atoms with Crippen molar-refractivity contribution >= 4 is 11.7 Å². The molecule has 1 aliphatic heterocycles. The van der Waals surface area contributed by atoms with Gasteiger partial charge in [0, 0.05) is 19.8 Å². The number of ether oxygens (including phenoxy) is 1. The van der Waals surface area contributed by atoms with Crippen LogP contribution in [0.25, 0.3) is 0 Å². The van der Waals surface area contributed by atoms with E-state index >= 15 is 0 Å². The number of nitrogens with zero attached hydrogens (tertiary/aromatic N) is 1. The van der Waals surface area contributed by atoms with Crippen LogP contribution in [-0.2, 0) is 4.74 Å². The summed E-state index contributed by atoms with van der Waals surface area (Å²) in [6.07, 6.45) is 2.87. The Bertz CT molecular complexity index is 433. The third kappa shape index (κ3) is 3.16. The van der Waals surface area contributed by atoms with Crippen molar-refractivity contribution in [3.63, 3.8) is 0 Å². The third-order valence-electron chi connectivity index (χ3n) is 2.99. The predicted molar refractivity (Wildman–Crippen MR) is 64.5 cm³/mol. The zero-order chi connectivity index (χ0) is 13.0. The summed E-state index contributed by atoms with van der Waals surface area (Å²) < 4.78 is 18.2. The van der Waals surface area contributed by atoms with Crippen molar-refractivity contribution in [3.8, 4) is 0 Å². The van der Waals surface area contributed by atoms with E-state index in [4.69, 9.17) is 10.5 Å². The summed E-state index contributed by atoms with van der Waals surface area (Å²) in [5.74, 6) is -0.427. The summed E-state index contributed by atoms with van der Waals surface area (Å²) in [7, 11) is 0. The Balaban J connectivity index is 1.85. The lowest BCUT2D eigenvalue weighted by atomic mass is 10.1. The number of anilines is 1. The summed E-state index contributed by atoms with van der Waals surface area (Å²) in [5.41, 5.74) is 5.61. The number of halogens is 1. The normalized spacial score (nSPS) is 18.8. The van der Waals surface area contributed by atoms with Gasteiger partial charge in [-0.1, -0.05) is 0 Å². The third-order valence-corrected chi connectivity index (χ3v) is 2.99. The summed E-state index contributed by atoms with van der Waals surface area (Å²) in [4.78, 5) is 15.4. The van der Waals surface area contributed by atoms with Gasteiger partial charge >= 0.3 is 0 Å². The van der Waals surface area contributed by atoms with Gasteiger partial charge in [0.05, 0.1) is 11.8 Å². The van der Waals surface area contributed by atoms with Crippen molar-refractivity contribution in [2.45, 2.75) is 12.8 Å². The summed E-state index contributed by atoms with van der Waals surface area (Å²) in [5, 5.41) is 2.71. The quantitative estimate of drug-likeness (QED) is 0.837. The van der Waals surface area contributed by atoms with Crippen molar-refractivity contribution in [3.05, 3.63) is 23.6 Å². The number of nitrogens with one attached hydrogen (secondary N) is 1. The SMILES string of the molecule is Nc1ncc(F)cc1C(=O)NCCC1CCOC1. The molecule has 1 atom stereocenters. The van der Waals surface area contributed by atoms with Gasteiger partial charge in [-0.05, 0) is 24.8 Å². The van der Waals surface area contributed by atoms with Crippen molar-refractivity contribution in [2.75, 3.05) is 25.5 Å². The van der Waals surface area contributed by atoms with Crippen LogP contribution in [0.5, 0.6) is 0 Å². The monoisotopic (exact) mass is 253 g/mol. The first-order valence-electron chi connectivity index (χ1n) is 5.94. The maximum absolute atomic E-state index is 13.0. The molecule has 0 radical (unpaired) electrons. The van der Waals surface area contributed by atoms with Crippen LogP contribution in [0.4, 0.5) is 10.2 Å². The molecular weight excluding hydrogens is 237 g/mol. The van der Waals surface area contributed by atoms with Crippen LogP contribution in [0.3, 0.4) is 0 Å². The highest BCUT2D eigenvalue weighted by Crippen LogP contribution is 2.15. The van der Waals surface area contributed by atoms with Crippen molar-refractivity contribution < 1.29 is 13.9 Å². The molecule has 0 aromatic carbocycles. The van der Waals surface area contributed by atoms with Gasteiger partial charge in [0.1, 0.15) is 11.6 Å². The van der Waals surface area contributed by atoms with Gasteiger partial charge in [0.15, 0.2) is 0 Å². The summed E-state index contributed by atoms with van der Waals surface area (Å²) >= 11 is 0. The number of aromatic nitrogens is 1. The van der Waals surface area contributed by atoms with E-state index in [1.807, 2.05) is 0 Å². The maximum atomic E-state index is 13.0. The van der Waals surface area contributed by atoms with Gasteiger partial charge in [-0.25, -0.2) is 9.37 Å². The van der Waals surface area contributed by atoms with Crippen LogP contribution in [-0.4, -0.2) is 30.6 Å². The van der Waals surface area contributed by atoms with Crippen LogP contribution in [0.15, 0.2) is 12.3 Å². The molecule has 1 aliphatic rings. The molecular formula is C12H16FN3O2. The van der Waals surface area contributed by atoms with Crippen LogP contribution < -0.4 is 11.1 Å². The van der Waals surface area contributed by atoms with Gasteiger partial charge in [0.2, 0.25) is 0 Å². The number of hydrogen-bond acceptors (Lipinski definition) is 4.